The average Bonchev–Trinajstić information content (AvgIpc) is 2.92. The summed E-state index contributed by atoms with van der Waals surface area (Å²) in [7, 11) is 0. The smallest absolute Gasteiger partial charge is 0.343 e. The second kappa shape index (κ2) is 6.62. The third kappa shape index (κ3) is 3.33. The number of phenolic OH excluding ortho intramolecular Hbond substituents is 1. The lowest BCUT2D eigenvalue weighted by Crippen LogP contribution is -1.97. The first-order valence-corrected chi connectivity index (χ1v) is 7.75. The molecular formula is C20H18O4. The predicted molar refractivity (Wildman–Crippen MR) is 92.5 cm³/mol. The van der Waals surface area contributed by atoms with Crippen LogP contribution in [-0.2, 0) is 9.53 Å². The summed E-state index contributed by atoms with van der Waals surface area (Å²) >= 11 is 0. The molecule has 0 atom stereocenters. The fourth-order valence-electron chi connectivity index (χ4n) is 2.42. The highest BCUT2D eigenvalue weighted by atomic mass is 16.5. The van der Waals surface area contributed by atoms with Crippen molar-refractivity contribution in [1.82, 2.24) is 0 Å². The van der Waals surface area contributed by atoms with Gasteiger partial charge in [-0.15, -0.1) is 0 Å². The Morgan fingerprint density at radius 3 is 2.62 bits per heavy atom. The molecule has 3 rings (SSSR count). The molecular weight excluding hydrogens is 304 g/mol. The maximum absolute atomic E-state index is 12.1. The van der Waals surface area contributed by atoms with Crippen molar-refractivity contribution in [2.75, 3.05) is 6.61 Å². The molecule has 0 saturated carbocycles. The summed E-state index contributed by atoms with van der Waals surface area (Å²) in [6.07, 6.45) is 3.44. The number of ether oxygens (including phenoxy) is 2. The van der Waals surface area contributed by atoms with E-state index in [1.807, 2.05) is 38.1 Å². The quantitative estimate of drug-likeness (QED) is 0.681. The molecule has 1 aliphatic heterocycles. The van der Waals surface area contributed by atoms with Crippen molar-refractivity contribution in [3.63, 3.8) is 0 Å². The van der Waals surface area contributed by atoms with Crippen LogP contribution in [0.5, 0.6) is 11.5 Å². The van der Waals surface area contributed by atoms with E-state index in [4.69, 9.17) is 9.47 Å². The lowest BCUT2D eigenvalue weighted by molar-refractivity contribution is -0.130. The summed E-state index contributed by atoms with van der Waals surface area (Å²) in [5.74, 6) is 0.608. The first kappa shape index (κ1) is 15.9. The molecule has 122 valence electrons. The zero-order valence-corrected chi connectivity index (χ0v) is 13.6. The normalized spacial score (nSPS) is 15.3. The van der Waals surface area contributed by atoms with Gasteiger partial charge in [-0.2, -0.15) is 0 Å². The number of benzene rings is 2. The van der Waals surface area contributed by atoms with Crippen molar-refractivity contribution in [3.05, 3.63) is 70.8 Å². The minimum absolute atomic E-state index is 0.0730. The van der Waals surface area contributed by atoms with E-state index in [0.29, 0.717) is 23.7 Å². The largest absolute Gasteiger partial charge is 0.504 e. The average molecular weight is 322 g/mol. The van der Waals surface area contributed by atoms with Gasteiger partial charge < -0.3 is 14.6 Å². The van der Waals surface area contributed by atoms with Crippen LogP contribution in [0.1, 0.15) is 23.6 Å². The van der Waals surface area contributed by atoms with Crippen molar-refractivity contribution in [1.29, 1.82) is 0 Å². The third-order valence-electron chi connectivity index (χ3n) is 3.67. The van der Waals surface area contributed by atoms with Gasteiger partial charge in [0.1, 0.15) is 5.76 Å². The molecule has 1 N–H and O–H groups in total. The van der Waals surface area contributed by atoms with Crippen LogP contribution in [0.2, 0.25) is 0 Å². The number of cyclic esters (lactones) is 1. The molecule has 1 heterocycles. The fraction of sp³-hybridized carbons (Fsp3) is 0.150. The molecule has 2 aromatic rings. The molecule has 0 bridgehead atoms. The first-order chi connectivity index (χ1) is 11.6. The lowest BCUT2D eigenvalue weighted by Gasteiger charge is -2.06. The minimum Gasteiger partial charge on any atom is -0.504 e. The molecule has 0 unspecified atom stereocenters. The number of aryl methyl sites for hydroxylation is 1. The molecule has 0 spiro atoms. The van der Waals surface area contributed by atoms with E-state index >= 15 is 0 Å². The Kier molecular flexibility index (Phi) is 4.38. The second-order valence-corrected chi connectivity index (χ2v) is 5.52. The van der Waals surface area contributed by atoms with Crippen LogP contribution in [0.3, 0.4) is 0 Å². The number of esters is 1. The lowest BCUT2D eigenvalue weighted by atomic mass is 10.1. The zero-order chi connectivity index (χ0) is 17.1. The molecule has 0 radical (unpaired) electrons. The monoisotopic (exact) mass is 322 g/mol. The van der Waals surface area contributed by atoms with Crippen LogP contribution in [0.25, 0.3) is 11.8 Å². The molecule has 4 heteroatoms. The molecule has 0 aromatic heterocycles. The van der Waals surface area contributed by atoms with Crippen molar-refractivity contribution < 1.29 is 19.4 Å². The molecule has 4 nitrogen and oxygen atoms in total. The van der Waals surface area contributed by atoms with E-state index in [-0.39, 0.29) is 5.75 Å². The maximum Gasteiger partial charge on any atom is 0.343 e. The van der Waals surface area contributed by atoms with Crippen molar-refractivity contribution >= 4 is 17.8 Å². The molecule has 0 saturated heterocycles. The number of phenols is 1. The Labute approximate surface area is 140 Å². The SMILES string of the molecule is CCOc1cc(/C=C2\C=C(c3ccc(C)cc3)OC2=O)ccc1O. The summed E-state index contributed by atoms with van der Waals surface area (Å²) in [6.45, 7) is 4.30. The van der Waals surface area contributed by atoms with Gasteiger partial charge >= 0.3 is 5.97 Å². The van der Waals surface area contributed by atoms with Crippen LogP contribution >= 0.6 is 0 Å². The first-order valence-electron chi connectivity index (χ1n) is 7.75. The molecule has 1 aliphatic rings. The van der Waals surface area contributed by atoms with Crippen molar-refractivity contribution in [2.24, 2.45) is 0 Å². The number of hydrogen-bond donors (Lipinski definition) is 1. The third-order valence-corrected chi connectivity index (χ3v) is 3.67. The van der Waals surface area contributed by atoms with E-state index < -0.39 is 5.97 Å². The van der Waals surface area contributed by atoms with Gasteiger partial charge in [-0.05, 0) is 43.7 Å². The van der Waals surface area contributed by atoms with E-state index in [9.17, 15) is 9.90 Å². The Morgan fingerprint density at radius 2 is 1.92 bits per heavy atom. The summed E-state index contributed by atoms with van der Waals surface area (Å²) in [5, 5.41) is 9.74. The van der Waals surface area contributed by atoms with Gasteiger partial charge in [0.25, 0.3) is 0 Å². The number of carbonyl (C=O) groups is 1. The van der Waals surface area contributed by atoms with Crippen LogP contribution in [0, 0.1) is 6.92 Å². The summed E-state index contributed by atoms with van der Waals surface area (Å²) in [6, 6.07) is 12.7. The van der Waals surface area contributed by atoms with Crippen molar-refractivity contribution in [3.8, 4) is 11.5 Å². The number of rotatable bonds is 4. The standard InChI is InChI=1S/C20H18O4/c1-3-23-19-11-14(6-9-17(19)21)10-16-12-18(24-20(16)22)15-7-4-13(2)5-8-15/h4-12,21H,3H2,1-2H3/b16-10+. The van der Waals surface area contributed by atoms with Crippen LogP contribution in [-0.4, -0.2) is 17.7 Å². The van der Waals surface area contributed by atoms with Gasteiger partial charge in [0.2, 0.25) is 0 Å². The Morgan fingerprint density at radius 1 is 1.17 bits per heavy atom. The molecule has 24 heavy (non-hydrogen) atoms. The van der Waals surface area contributed by atoms with Gasteiger partial charge in [-0.1, -0.05) is 35.9 Å². The highest BCUT2D eigenvalue weighted by molar-refractivity contribution is 6.05. The van der Waals surface area contributed by atoms with E-state index in [2.05, 4.69) is 0 Å². The van der Waals surface area contributed by atoms with Gasteiger partial charge in [0.05, 0.1) is 12.2 Å². The zero-order valence-electron chi connectivity index (χ0n) is 13.6. The molecule has 0 amide bonds. The minimum atomic E-state index is -0.392. The molecule has 0 aliphatic carbocycles. The molecule has 2 aromatic carbocycles. The van der Waals surface area contributed by atoms with E-state index in [1.165, 1.54) is 0 Å². The van der Waals surface area contributed by atoms with Crippen LogP contribution in [0.4, 0.5) is 0 Å². The molecule has 0 fully saturated rings. The van der Waals surface area contributed by atoms with Crippen LogP contribution < -0.4 is 4.74 Å². The van der Waals surface area contributed by atoms with Gasteiger partial charge in [0, 0.05) is 5.56 Å². The van der Waals surface area contributed by atoms with E-state index in [0.717, 1.165) is 16.7 Å². The van der Waals surface area contributed by atoms with Gasteiger partial charge in [0.15, 0.2) is 11.5 Å². The number of hydrogen-bond acceptors (Lipinski definition) is 4. The maximum atomic E-state index is 12.1. The van der Waals surface area contributed by atoms with Gasteiger partial charge in [-0.3, -0.25) is 0 Å². The second-order valence-electron chi connectivity index (χ2n) is 5.52. The fourth-order valence-corrected chi connectivity index (χ4v) is 2.42. The van der Waals surface area contributed by atoms with E-state index in [1.54, 1.807) is 30.4 Å². The van der Waals surface area contributed by atoms with Gasteiger partial charge in [-0.25, -0.2) is 4.79 Å². The summed E-state index contributed by atoms with van der Waals surface area (Å²) < 4.78 is 10.7. The van der Waals surface area contributed by atoms with Crippen LogP contribution in [0.15, 0.2) is 54.1 Å². The summed E-state index contributed by atoms with van der Waals surface area (Å²) in [4.78, 5) is 12.1. The Balaban J connectivity index is 1.91. The Hall–Kier alpha value is -3.01. The highest BCUT2D eigenvalue weighted by Crippen LogP contribution is 2.30. The predicted octanol–water partition coefficient (Wildman–Crippen LogP) is 4.08. The number of aromatic hydroxyl groups is 1. The topological polar surface area (TPSA) is 55.8 Å². The number of carbonyl (C=O) groups excluding carboxylic acids is 1. The van der Waals surface area contributed by atoms with Crippen molar-refractivity contribution in [2.45, 2.75) is 13.8 Å². The Bertz CT molecular complexity index is 829. The summed E-state index contributed by atoms with van der Waals surface area (Å²) in [5.41, 5.74) is 3.22. The highest BCUT2D eigenvalue weighted by Gasteiger charge is 2.22.